The van der Waals surface area contributed by atoms with Crippen molar-refractivity contribution in [3.8, 4) is 0 Å². The zero-order chi connectivity index (χ0) is 14.5. The van der Waals surface area contributed by atoms with E-state index >= 15 is 0 Å². The van der Waals surface area contributed by atoms with Gasteiger partial charge >= 0.3 is 11.9 Å². The Balaban J connectivity index is 2.12. The maximum Gasteiger partial charge on any atom is 0.335 e. The number of hydrogen-bond donors (Lipinski definition) is 2. The number of azo groups is 1. The molecular formula is C14H10N2O4. The van der Waals surface area contributed by atoms with Crippen LogP contribution in [0.25, 0.3) is 0 Å². The molecule has 0 fully saturated rings. The van der Waals surface area contributed by atoms with E-state index in [9.17, 15) is 9.59 Å². The van der Waals surface area contributed by atoms with E-state index in [2.05, 4.69) is 10.2 Å². The Morgan fingerprint density at radius 3 is 1.20 bits per heavy atom. The second-order valence-electron chi connectivity index (χ2n) is 3.90. The number of carboxylic acid groups (broad SMARTS) is 2. The fourth-order valence-electron chi connectivity index (χ4n) is 1.46. The Labute approximate surface area is 114 Å². The van der Waals surface area contributed by atoms with Gasteiger partial charge in [0.15, 0.2) is 0 Å². The zero-order valence-electron chi connectivity index (χ0n) is 10.2. The van der Waals surface area contributed by atoms with Crippen molar-refractivity contribution in [2.75, 3.05) is 0 Å². The van der Waals surface area contributed by atoms with Crippen LogP contribution in [0.2, 0.25) is 0 Å². The van der Waals surface area contributed by atoms with Gasteiger partial charge in [0.2, 0.25) is 0 Å². The number of benzene rings is 2. The summed E-state index contributed by atoms with van der Waals surface area (Å²) in [4.78, 5) is 21.4. The molecule has 0 heterocycles. The van der Waals surface area contributed by atoms with E-state index in [0.717, 1.165) is 0 Å². The lowest BCUT2D eigenvalue weighted by Gasteiger charge is -1.96. The minimum Gasteiger partial charge on any atom is -0.478 e. The molecule has 2 N–H and O–H groups in total. The van der Waals surface area contributed by atoms with Crippen molar-refractivity contribution < 1.29 is 19.8 Å². The van der Waals surface area contributed by atoms with Gasteiger partial charge < -0.3 is 10.2 Å². The molecule has 100 valence electrons. The summed E-state index contributed by atoms with van der Waals surface area (Å²) in [6, 6.07) is 11.9. The van der Waals surface area contributed by atoms with Crippen LogP contribution in [0.1, 0.15) is 20.7 Å². The summed E-state index contributed by atoms with van der Waals surface area (Å²) in [6.07, 6.45) is 0. The molecule has 0 aliphatic carbocycles. The van der Waals surface area contributed by atoms with Crippen molar-refractivity contribution >= 4 is 23.3 Å². The van der Waals surface area contributed by atoms with Crippen molar-refractivity contribution in [1.82, 2.24) is 0 Å². The van der Waals surface area contributed by atoms with Crippen molar-refractivity contribution in [3.05, 3.63) is 59.7 Å². The van der Waals surface area contributed by atoms with Gasteiger partial charge in [0.05, 0.1) is 22.5 Å². The number of aromatic carboxylic acids is 2. The predicted molar refractivity (Wildman–Crippen MR) is 71.0 cm³/mol. The first-order chi connectivity index (χ1) is 9.56. The van der Waals surface area contributed by atoms with Gasteiger partial charge in [0.25, 0.3) is 0 Å². The van der Waals surface area contributed by atoms with E-state index in [0.29, 0.717) is 11.4 Å². The molecule has 0 saturated carbocycles. The number of hydrogen-bond acceptors (Lipinski definition) is 4. The SMILES string of the molecule is O=C(O)c1ccc(N=Nc2ccc(C(=O)O)cc2)cc1. The molecule has 0 aliphatic rings. The first-order valence-electron chi connectivity index (χ1n) is 5.65. The maximum absolute atomic E-state index is 10.7. The third-order valence-corrected chi connectivity index (χ3v) is 2.51. The summed E-state index contributed by atoms with van der Waals surface area (Å²) in [6.45, 7) is 0. The normalized spacial score (nSPS) is 10.6. The van der Waals surface area contributed by atoms with Gasteiger partial charge in [-0.2, -0.15) is 10.2 Å². The van der Waals surface area contributed by atoms with E-state index in [-0.39, 0.29) is 11.1 Å². The van der Waals surface area contributed by atoms with Gasteiger partial charge in [-0.1, -0.05) is 0 Å². The Kier molecular flexibility index (Phi) is 3.85. The molecule has 0 amide bonds. The van der Waals surface area contributed by atoms with Gasteiger partial charge in [-0.25, -0.2) is 9.59 Å². The van der Waals surface area contributed by atoms with Crippen LogP contribution in [0.4, 0.5) is 11.4 Å². The fourth-order valence-corrected chi connectivity index (χ4v) is 1.46. The van der Waals surface area contributed by atoms with Crippen LogP contribution < -0.4 is 0 Å². The van der Waals surface area contributed by atoms with E-state index in [1.807, 2.05) is 0 Å². The molecule has 0 aliphatic heterocycles. The quantitative estimate of drug-likeness (QED) is 0.830. The van der Waals surface area contributed by atoms with E-state index in [1.165, 1.54) is 24.3 Å². The lowest BCUT2D eigenvalue weighted by molar-refractivity contribution is 0.0686. The zero-order valence-corrected chi connectivity index (χ0v) is 10.2. The molecule has 20 heavy (non-hydrogen) atoms. The predicted octanol–water partition coefficient (Wildman–Crippen LogP) is 3.50. The van der Waals surface area contributed by atoms with Gasteiger partial charge in [-0.15, -0.1) is 0 Å². The van der Waals surface area contributed by atoms with Crippen molar-refractivity contribution in [1.29, 1.82) is 0 Å². The smallest absolute Gasteiger partial charge is 0.335 e. The number of carbonyl (C=O) groups is 2. The highest BCUT2D eigenvalue weighted by atomic mass is 16.4. The monoisotopic (exact) mass is 270 g/mol. The lowest BCUT2D eigenvalue weighted by atomic mass is 10.2. The van der Waals surface area contributed by atoms with Crippen LogP contribution >= 0.6 is 0 Å². The van der Waals surface area contributed by atoms with Gasteiger partial charge in [0, 0.05) is 0 Å². The van der Waals surface area contributed by atoms with Gasteiger partial charge in [-0.3, -0.25) is 0 Å². The summed E-state index contributed by atoms with van der Waals surface area (Å²) in [5.41, 5.74) is 1.37. The summed E-state index contributed by atoms with van der Waals surface area (Å²) < 4.78 is 0. The van der Waals surface area contributed by atoms with Crippen LogP contribution in [0, 0.1) is 0 Å². The molecule has 0 saturated heterocycles. The molecular weight excluding hydrogens is 260 g/mol. The molecule has 0 unspecified atom stereocenters. The maximum atomic E-state index is 10.7. The number of rotatable bonds is 4. The third-order valence-electron chi connectivity index (χ3n) is 2.51. The minimum atomic E-state index is -1.00. The second kappa shape index (κ2) is 5.75. The van der Waals surface area contributed by atoms with Crippen molar-refractivity contribution in [2.45, 2.75) is 0 Å². The van der Waals surface area contributed by atoms with Crippen molar-refractivity contribution in [3.63, 3.8) is 0 Å². The molecule has 6 heteroatoms. The van der Waals surface area contributed by atoms with Crippen LogP contribution in [-0.2, 0) is 0 Å². The highest BCUT2D eigenvalue weighted by molar-refractivity contribution is 5.88. The summed E-state index contributed by atoms with van der Waals surface area (Å²) in [5, 5.41) is 25.4. The second-order valence-corrected chi connectivity index (χ2v) is 3.90. The fraction of sp³-hybridized carbons (Fsp3) is 0. The van der Waals surface area contributed by atoms with Crippen LogP contribution in [-0.4, -0.2) is 22.2 Å². The standard InChI is InChI=1S/C14H10N2O4/c17-13(18)9-1-5-11(6-2-9)15-16-12-7-3-10(4-8-12)14(19)20/h1-8H,(H,17,18)(H,19,20). The minimum absolute atomic E-state index is 0.176. The Hall–Kier alpha value is -3.02. The molecule has 6 nitrogen and oxygen atoms in total. The molecule has 0 radical (unpaired) electrons. The first-order valence-corrected chi connectivity index (χ1v) is 5.65. The van der Waals surface area contributed by atoms with Crippen LogP contribution in [0.3, 0.4) is 0 Å². The Morgan fingerprint density at radius 2 is 0.950 bits per heavy atom. The molecule has 0 spiro atoms. The van der Waals surface area contributed by atoms with Crippen LogP contribution in [0.5, 0.6) is 0 Å². The van der Waals surface area contributed by atoms with E-state index in [4.69, 9.17) is 10.2 Å². The highest BCUT2D eigenvalue weighted by Gasteiger charge is 2.02. The van der Waals surface area contributed by atoms with Gasteiger partial charge in [0.1, 0.15) is 0 Å². The first kappa shape index (κ1) is 13.4. The number of carboxylic acids is 2. The largest absolute Gasteiger partial charge is 0.478 e. The number of nitrogens with zero attached hydrogens (tertiary/aromatic N) is 2. The summed E-state index contributed by atoms with van der Waals surface area (Å²) in [7, 11) is 0. The Bertz CT molecular complexity index is 601. The highest BCUT2D eigenvalue weighted by Crippen LogP contribution is 2.19. The summed E-state index contributed by atoms with van der Waals surface area (Å²) in [5.74, 6) is -2.00. The Morgan fingerprint density at radius 1 is 0.650 bits per heavy atom. The van der Waals surface area contributed by atoms with Crippen LogP contribution in [0.15, 0.2) is 58.8 Å². The average molecular weight is 270 g/mol. The molecule has 0 aromatic heterocycles. The average Bonchev–Trinajstić information content (AvgIpc) is 2.46. The third kappa shape index (κ3) is 3.26. The van der Waals surface area contributed by atoms with E-state index in [1.54, 1.807) is 24.3 Å². The summed E-state index contributed by atoms with van der Waals surface area (Å²) >= 11 is 0. The molecule has 0 bridgehead atoms. The topological polar surface area (TPSA) is 99.3 Å². The molecule has 0 atom stereocenters. The van der Waals surface area contributed by atoms with Crippen molar-refractivity contribution in [2.24, 2.45) is 10.2 Å². The molecule has 2 rings (SSSR count). The van der Waals surface area contributed by atoms with Gasteiger partial charge in [-0.05, 0) is 48.5 Å². The lowest BCUT2D eigenvalue weighted by Crippen LogP contribution is -1.94. The molecule has 2 aromatic carbocycles. The molecule has 2 aromatic rings. The van der Waals surface area contributed by atoms with E-state index < -0.39 is 11.9 Å².